The van der Waals surface area contributed by atoms with Crippen LogP contribution in [0, 0.1) is 54.6 Å². The topological polar surface area (TPSA) is 341 Å². The Morgan fingerprint density at radius 2 is 1.56 bits per heavy atom. The van der Waals surface area contributed by atoms with Gasteiger partial charge >= 0.3 is 11.8 Å². The fourth-order valence-electron chi connectivity index (χ4n) is 12.2. The first kappa shape index (κ1) is 73.6. The molecule has 3 aromatic heterocycles. The summed E-state index contributed by atoms with van der Waals surface area (Å²) in [7, 11) is 8.67. The highest BCUT2D eigenvalue weighted by Gasteiger charge is 2.54. The summed E-state index contributed by atoms with van der Waals surface area (Å²) >= 11 is 0. The molecule has 19 atom stereocenters. The number of aromatic amines is 1. The number of hydrogen-bond donors (Lipinski definition) is 6. The average molecular weight is 1260 g/mol. The van der Waals surface area contributed by atoms with Gasteiger partial charge in [-0.2, -0.15) is 0 Å². The molecule has 1 aromatic carbocycles. The zero-order valence-corrected chi connectivity index (χ0v) is 55.4. The van der Waals surface area contributed by atoms with Crippen LogP contribution in [0.4, 0.5) is 5.82 Å². The van der Waals surface area contributed by atoms with Crippen LogP contribution in [0.25, 0.3) is 11.0 Å². The van der Waals surface area contributed by atoms with E-state index in [0.717, 1.165) is 39.4 Å². The van der Waals surface area contributed by atoms with Gasteiger partial charge in [-0.05, 0) is 106 Å². The number of nitro groups is 1. The van der Waals surface area contributed by atoms with Gasteiger partial charge < -0.3 is 88.2 Å². The first-order valence-electron chi connectivity index (χ1n) is 29.8. The molecule has 496 valence electrons. The Labute approximate surface area is 518 Å². The molecule has 3 aliphatic rings. The first-order chi connectivity index (χ1) is 41.2. The number of cyclic esters (lactones) is 1. The lowest BCUT2D eigenvalue weighted by Crippen LogP contribution is -2.61. The fraction of sp³-hybridized carbons (Fsp3) is 0.721. The fourth-order valence-corrected chi connectivity index (χ4v) is 13.3. The number of aliphatic hydroxyl groups is 5. The summed E-state index contributed by atoms with van der Waals surface area (Å²) in [5.74, 6) is -2.23. The molecule has 0 bridgehead atoms. The summed E-state index contributed by atoms with van der Waals surface area (Å²) in [6, 6.07) is 5.21. The van der Waals surface area contributed by atoms with Crippen LogP contribution in [-0.4, -0.2) is 209 Å². The average Bonchev–Trinajstić information content (AvgIpc) is 1.92. The number of imidazole rings is 2. The number of fused-ring (bicyclic) bond motifs is 1. The minimum atomic E-state index is -1.96. The van der Waals surface area contributed by atoms with Crippen molar-refractivity contribution in [3.8, 4) is 11.5 Å². The highest BCUT2D eigenvalue weighted by Crippen LogP contribution is 2.42. The maximum atomic E-state index is 14.2. The summed E-state index contributed by atoms with van der Waals surface area (Å²) in [6.45, 7) is 22.7. The van der Waals surface area contributed by atoms with Crippen molar-refractivity contribution in [1.29, 1.82) is 0 Å². The maximum Gasteiger partial charge on any atom is 0.342 e. The zero-order valence-electron chi connectivity index (χ0n) is 54.5. The number of nitrogens with zero attached hydrogens (tertiary/aromatic N) is 6. The van der Waals surface area contributed by atoms with E-state index in [-0.39, 0.29) is 61.9 Å². The third-order valence-corrected chi connectivity index (χ3v) is 18.9. The van der Waals surface area contributed by atoms with Crippen LogP contribution in [0.15, 0.2) is 35.7 Å². The Balaban J connectivity index is 0.000000317. The number of Topliss-reactive ketones (excluding diaryl/α,β-unsaturated/α-hetero) is 1. The van der Waals surface area contributed by atoms with Crippen LogP contribution >= 0.6 is 0 Å². The summed E-state index contributed by atoms with van der Waals surface area (Å²) in [5.41, 5.74) is -0.0850. The molecule has 0 radical (unpaired) electrons. The van der Waals surface area contributed by atoms with E-state index in [1.165, 1.54) is 31.9 Å². The van der Waals surface area contributed by atoms with Crippen LogP contribution < -0.4 is 9.47 Å². The van der Waals surface area contributed by atoms with Gasteiger partial charge in [-0.3, -0.25) is 18.8 Å². The van der Waals surface area contributed by atoms with E-state index < -0.39 is 117 Å². The molecular formula is C61H97N7O19S. The number of aromatic nitrogens is 5. The number of ketones is 1. The second-order valence-corrected chi connectivity index (χ2v) is 25.8. The SMILES string of the molecule is CC[C@H]1OC(=O)[C@H](C)[C@@H](O[C@H]2C[C@@](C)(OC)[C@@H](O)[C@H](C)O2)[C@H](C)[C@@H](O[C@@H]2O[C@H](C)C[C@H](N(C)C)[C@H]2O)[C@](C)(OC)C[C@@H](C)C(=O)[C@H](C)[C@@H](O)[C@]1(C)O.COc1ccc2nc(S(=O)Cc3ncc(C)c(OC)c3C)[nH]c2c1.Cc1ncc([N+](=O)[O-])n1CCO. The largest absolute Gasteiger partial charge is 0.497 e. The predicted octanol–water partition coefficient (Wildman–Crippen LogP) is 5.43. The molecular weight excluding hydrogens is 1170 g/mol. The van der Waals surface area contributed by atoms with Gasteiger partial charge in [0.05, 0.1) is 102 Å². The van der Waals surface area contributed by atoms with E-state index in [1.54, 1.807) is 75.8 Å². The lowest BCUT2D eigenvalue weighted by Gasteiger charge is -2.50. The number of aliphatic hydroxyl groups excluding tert-OH is 4. The normalized spacial score (nSPS) is 33.7. The molecule has 0 spiro atoms. The van der Waals surface area contributed by atoms with Gasteiger partial charge in [-0.25, -0.2) is 14.5 Å². The van der Waals surface area contributed by atoms with E-state index in [9.17, 15) is 44.3 Å². The lowest BCUT2D eigenvalue weighted by molar-refractivity contribution is -0.392. The van der Waals surface area contributed by atoms with Gasteiger partial charge in [0.1, 0.15) is 53.9 Å². The van der Waals surface area contributed by atoms with Gasteiger partial charge in [0, 0.05) is 74.7 Å². The second-order valence-electron chi connectivity index (χ2n) is 24.4. The summed E-state index contributed by atoms with van der Waals surface area (Å²) in [4.78, 5) is 55.6. The molecule has 6 heterocycles. The Kier molecular flexibility index (Phi) is 26.1. The number of esters is 1. The minimum Gasteiger partial charge on any atom is -0.497 e. The summed E-state index contributed by atoms with van der Waals surface area (Å²) < 4.78 is 68.5. The van der Waals surface area contributed by atoms with Crippen molar-refractivity contribution in [3.05, 3.63) is 63.4 Å². The maximum absolute atomic E-state index is 14.2. The number of benzene rings is 1. The number of aryl methyl sites for hydroxylation is 2. The molecule has 0 saturated carbocycles. The van der Waals surface area contributed by atoms with Gasteiger partial charge in [-0.15, -0.1) is 0 Å². The van der Waals surface area contributed by atoms with Gasteiger partial charge in [0.15, 0.2) is 23.6 Å². The molecule has 1 unspecified atom stereocenters. The number of pyridine rings is 1. The van der Waals surface area contributed by atoms with Gasteiger partial charge in [0.2, 0.25) is 0 Å². The number of methoxy groups -OCH3 is 4. The van der Waals surface area contributed by atoms with Crippen molar-refractivity contribution in [3.63, 3.8) is 0 Å². The van der Waals surface area contributed by atoms with Crippen LogP contribution in [0.2, 0.25) is 0 Å². The molecule has 27 heteroatoms. The minimum absolute atomic E-state index is 0.0819. The Morgan fingerprint density at radius 3 is 2.14 bits per heavy atom. The molecule has 0 amide bonds. The second kappa shape index (κ2) is 31.3. The molecule has 3 fully saturated rings. The van der Waals surface area contributed by atoms with E-state index in [2.05, 4.69) is 19.9 Å². The molecule has 6 N–H and O–H groups in total. The molecule has 3 aliphatic heterocycles. The third-order valence-electron chi connectivity index (χ3n) is 17.7. The monoisotopic (exact) mass is 1260 g/mol. The quantitative estimate of drug-likeness (QED) is 0.0462. The summed E-state index contributed by atoms with van der Waals surface area (Å²) in [5, 5.41) is 65.0. The lowest BCUT2D eigenvalue weighted by atomic mass is 9.74. The van der Waals surface area contributed by atoms with E-state index in [0.29, 0.717) is 17.4 Å². The number of likely N-dealkylation sites (N-methyl/N-ethyl adjacent to an activating group) is 1. The van der Waals surface area contributed by atoms with Gasteiger partial charge in [0.25, 0.3) is 0 Å². The summed E-state index contributed by atoms with van der Waals surface area (Å²) in [6.07, 6.45) is -5.81. The van der Waals surface area contributed by atoms with Crippen molar-refractivity contribution in [1.82, 2.24) is 29.4 Å². The number of hydrogen-bond acceptors (Lipinski definition) is 23. The number of H-pyrrole nitrogens is 1. The first-order valence-corrected chi connectivity index (χ1v) is 31.1. The number of ether oxygens (including phenoxy) is 9. The Morgan fingerprint density at radius 1 is 0.898 bits per heavy atom. The Bertz CT molecular complexity index is 2980. The number of carbonyl (C=O) groups excluding carboxylic acids is 2. The Hall–Kier alpha value is -5.14. The molecule has 3 saturated heterocycles. The highest BCUT2D eigenvalue weighted by atomic mass is 32.2. The number of nitrogens with one attached hydrogen (secondary N) is 1. The van der Waals surface area contributed by atoms with Crippen molar-refractivity contribution in [2.75, 3.05) is 49.1 Å². The van der Waals surface area contributed by atoms with Gasteiger partial charge in [-0.1, -0.05) is 27.7 Å². The van der Waals surface area contributed by atoms with E-state index in [4.69, 9.17) is 47.7 Å². The molecule has 4 aromatic rings. The van der Waals surface area contributed by atoms with E-state index >= 15 is 0 Å². The van der Waals surface area contributed by atoms with Crippen molar-refractivity contribution >= 4 is 39.4 Å². The molecule has 88 heavy (non-hydrogen) atoms. The predicted molar refractivity (Wildman–Crippen MR) is 325 cm³/mol. The van der Waals surface area contributed by atoms with Crippen LogP contribution in [0.1, 0.15) is 118 Å². The van der Waals surface area contributed by atoms with Crippen molar-refractivity contribution in [2.24, 2.45) is 23.7 Å². The smallest absolute Gasteiger partial charge is 0.342 e. The van der Waals surface area contributed by atoms with Crippen LogP contribution in [0.5, 0.6) is 11.5 Å². The number of rotatable bonds is 16. The standard InChI is InChI=1S/C38H69NO13.C17H19N3O3S.C6H9N3O3/c1-15-26-38(10,45)31(42)21(4)28(40)19(2)17-37(9,47-14)33(52-35-29(41)25(39(11)12)16-20(3)48-35)22(5)30(23(6)34(44)50-26)51-27-18-36(8,46-13)32(43)24(7)49-27;1-10-8-18-15(11(2)16(10)23-4)9-24(21)17-19-13-6-5-12(22-3)7-14(13)20-17;1-5-7-4-6(9(11)12)8(5)2-3-10/h19-27,29-33,35,41-43,45H,15-18H2,1-14H3;5-8H,9H2,1-4H3,(H,19,20);4,10H,2-3H2,1H3/t19-,20-,21+,22+,23-,24+,25+,26-,27+,29-,30+,31-,32+,33-,35+,36-,37-,38-;;/m1../s1. The van der Waals surface area contributed by atoms with Crippen LogP contribution in [-0.2, 0) is 65.8 Å². The van der Waals surface area contributed by atoms with E-state index in [1.807, 2.05) is 64.9 Å². The molecule has 0 aliphatic carbocycles. The van der Waals surface area contributed by atoms with Crippen molar-refractivity contribution < 1.29 is 86.9 Å². The van der Waals surface area contributed by atoms with Crippen LogP contribution in [0.3, 0.4) is 0 Å². The molecule has 26 nitrogen and oxygen atoms in total. The zero-order chi connectivity index (χ0) is 66.1. The van der Waals surface area contributed by atoms with Crippen molar-refractivity contribution in [2.45, 2.75) is 217 Å². The third kappa shape index (κ3) is 16.9. The molecule has 7 rings (SSSR count). The highest BCUT2D eigenvalue weighted by molar-refractivity contribution is 7.84. The number of carbonyl (C=O) groups is 2.